The van der Waals surface area contributed by atoms with E-state index < -0.39 is 11.6 Å². The highest BCUT2D eigenvalue weighted by molar-refractivity contribution is 7.99. The number of nitrogens with one attached hydrogen (secondary N) is 1. The molecule has 0 aliphatic heterocycles. The first-order chi connectivity index (χ1) is 13.1. The van der Waals surface area contributed by atoms with E-state index in [9.17, 15) is 13.6 Å². The van der Waals surface area contributed by atoms with Gasteiger partial charge in [-0.05, 0) is 25.0 Å². The van der Waals surface area contributed by atoms with E-state index in [1.165, 1.54) is 37.1 Å². The number of thioether (sulfide) groups is 1. The van der Waals surface area contributed by atoms with E-state index in [2.05, 4.69) is 22.1 Å². The van der Waals surface area contributed by atoms with Gasteiger partial charge in [-0.1, -0.05) is 37.1 Å². The Morgan fingerprint density at radius 1 is 1.26 bits per heavy atom. The van der Waals surface area contributed by atoms with E-state index >= 15 is 0 Å². The maximum Gasteiger partial charge on any atom is 0.234 e. The number of anilines is 1. The molecule has 144 valence electrons. The van der Waals surface area contributed by atoms with E-state index in [4.69, 9.17) is 0 Å². The summed E-state index contributed by atoms with van der Waals surface area (Å²) < 4.78 is 28.2. The Hall–Kier alpha value is -2.22. The molecule has 1 aliphatic rings. The summed E-state index contributed by atoms with van der Waals surface area (Å²) in [4.78, 5) is 12.1. The van der Waals surface area contributed by atoms with Crippen LogP contribution in [0.4, 0.5) is 14.5 Å². The average molecular weight is 392 g/mol. The van der Waals surface area contributed by atoms with Gasteiger partial charge >= 0.3 is 0 Å². The lowest BCUT2D eigenvalue weighted by Crippen LogP contribution is -2.15. The molecular formula is C19H22F2N4OS. The molecule has 5 nitrogen and oxygen atoms in total. The van der Waals surface area contributed by atoms with Crippen molar-refractivity contribution in [2.75, 3.05) is 11.1 Å². The molecule has 3 rings (SSSR count). The number of rotatable bonds is 7. The minimum atomic E-state index is -0.997. The Balaban J connectivity index is 1.64. The summed E-state index contributed by atoms with van der Waals surface area (Å²) in [5.41, 5.74) is 0.218. The fourth-order valence-corrected chi connectivity index (χ4v) is 4.03. The van der Waals surface area contributed by atoms with Crippen LogP contribution in [0.25, 0.3) is 0 Å². The fraction of sp³-hybridized carbons (Fsp3) is 0.421. The predicted octanol–water partition coefficient (Wildman–Crippen LogP) is 4.52. The van der Waals surface area contributed by atoms with Gasteiger partial charge in [0.05, 0.1) is 5.75 Å². The number of hydrogen-bond donors (Lipinski definition) is 1. The lowest BCUT2D eigenvalue weighted by atomic mass is 9.89. The minimum absolute atomic E-state index is 0.0962. The molecule has 1 fully saturated rings. The summed E-state index contributed by atoms with van der Waals surface area (Å²) >= 11 is 1.27. The van der Waals surface area contributed by atoms with Crippen LogP contribution in [0, 0.1) is 11.6 Å². The molecule has 1 aromatic carbocycles. The molecule has 0 saturated heterocycles. The Morgan fingerprint density at radius 2 is 2.04 bits per heavy atom. The van der Waals surface area contributed by atoms with Gasteiger partial charge in [0, 0.05) is 24.2 Å². The summed E-state index contributed by atoms with van der Waals surface area (Å²) in [5, 5.41) is 11.8. The predicted molar refractivity (Wildman–Crippen MR) is 102 cm³/mol. The molecule has 0 radical (unpaired) electrons. The zero-order valence-electron chi connectivity index (χ0n) is 15.0. The van der Waals surface area contributed by atoms with Gasteiger partial charge in [-0.25, -0.2) is 8.78 Å². The molecular weight excluding hydrogens is 370 g/mol. The van der Waals surface area contributed by atoms with Crippen LogP contribution in [0.3, 0.4) is 0 Å². The van der Waals surface area contributed by atoms with Gasteiger partial charge in [-0.15, -0.1) is 16.8 Å². The first-order valence-electron chi connectivity index (χ1n) is 9.00. The van der Waals surface area contributed by atoms with Crippen LogP contribution >= 0.6 is 11.8 Å². The second kappa shape index (κ2) is 9.12. The van der Waals surface area contributed by atoms with E-state index in [-0.39, 0.29) is 17.3 Å². The average Bonchev–Trinajstić information content (AvgIpc) is 3.07. The monoisotopic (exact) mass is 392 g/mol. The van der Waals surface area contributed by atoms with Crippen molar-refractivity contribution in [3.63, 3.8) is 0 Å². The number of hydrogen-bond acceptors (Lipinski definition) is 4. The Morgan fingerprint density at radius 3 is 2.74 bits per heavy atom. The van der Waals surface area contributed by atoms with E-state index in [1.807, 2.05) is 4.57 Å². The van der Waals surface area contributed by atoms with Crippen molar-refractivity contribution in [1.82, 2.24) is 14.8 Å². The van der Waals surface area contributed by atoms with Crippen LogP contribution in [0.15, 0.2) is 36.0 Å². The van der Waals surface area contributed by atoms with Crippen LogP contribution in [0.1, 0.15) is 43.8 Å². The SMILES string of the molecule is C=CCn1c(SCC(=O)Nc2ccc(F)c(F)c2)nnc1C1CCCCC1. The second-order valence-electron chi connectivity index (χ2n) is 6.54. The van der Waals surface area contributed by atoms with Gasteiger partial charge in [-0.3, -0.25) is 4.79 Å². The number of allylic oxidation sites excluding steroid dienone is 1. The third-order valence-corrected chi connectivity index (χ3v) is 5.53. The van der Waals surface area contributed by atoms with Gasteiger partial charge in [0.15, 0.2) is 16.8 Å². The quantitative estimate of drug-likeness (QED) is 0.556. The first kappa shape index (κ1) is 19.5. The molecule has 0 bridgehead atoms. The number of halogens is 2. The molecule has 1 aromatic heterocycles. The number of carbonyl (C=O) groups excluding carboxylic acids is 1. The van der Waals surface area contributed by atoms with Crippen LogP contribution < -0.4 is 5.32 Å². The van der Waals surface area contributed by atoms with Crippen molar-refractivity contribution in [1.29, 1.82) is 0 Å². The van der Waals surface area contributed by atoms with Crippen LogP contribution in [0.5, 0.6) is 0 Å². The number of aromatic nitrogens is 3. The molecule has 1 amide bonds. The Bertz CT molecular complexity index is 818. The van der Waals surface area contributed by atoms with Crippen LogP contribution in [-0.2, 0) is 11.3 Å². The number of benzene rings is 1. The van der Waals surface area contributed by atoms with Gasteiger partial charge in [0.1, 0.15) is 5.82 Å². The zero-order chi connectivity index (χ0) is 19.2. The molecule has 1 N–H and O–H groups in total. The molecule has 0 unspecified atom stereocenters. The van der Waals surface area contributed by atoms with E-state index in [0.717, 1.165) is 30.8 Å². The van der Waals surface area contributed by atoms with E-state index in [1.54, 1.807) is 6.08 Å². The van der Waals surface area contributed by atoms with Crippen molar-refractivity contribution in [3.8, 4) is 0 Å². The third-order valence-electron chi connectivity index (χ3n) is 4.56. The zero-order valence-corrected chi connectivity index (χ0v) is 15.8. The highest BCUT2D eigenvalue weighted by Crippen LogP contribution is 2.33. The smallest absolute Gasteiger partial charge is 0.234 e. The molecule has 1 heterocycles. The molecule has 27 heavy (non-hydrogen) atoms. The molecule has 1 saturated carbocycles. The lowest BCUT2D eigenvalue weighted by Gasteiger charge is -2.21. The second-order valence-corrected chi connectivity index (χ2v) is 7.48. The largest absolute Gasteiger partial charge is 0.325 e. The van der Waals surface area contributed by atoms with Crippen molar-refractivity contribution in [3.05, 3.63) is 48.3 Å². The summed E-state index contributed by atoms with van der Waals surface area (Å²) in [6.07, 6.45) is 7.67. The molecule has 0 atom stereocenters. The summed E-state index contributed by atoms with van der Waals surface area (Å²) in [6.45, 7) is 4.39. The Labute approximate surface area is 161 Å². The summed E-state index contributed by atoms with van der Waals surface area (Å²) in [5.74, 6) is -0.814. The van der Waals surface area contributed by atoms with Crippen LogP contribution in [0.2, 0.25) is 0 Å². The molecule has 0 spiro atoms. The normalized spacial score (nSPS) is 14.9. The van der Waals surface area contributed by atoms with Gasteiger partial charge in [0.25, 0.3) is 0 Å². The number of amides is 1. The molecule has 2 aromatic rings. The summed E-state index contributed by atoms with van der Waals surface area (Å²) in [6, 6.07) is 3.26. The number of nitrogens with zero attached hydrogens (tertiary/aromatic N) is 3. The summed E-state index contributed by atoms with van der Waals surface area (Å²) in [7, 11) is 0. The van der Waals surface area contributed by atoms with Gasteiger partial charge in [0.2, 0.25) is 5.91 Å². The van der Waals surface area contributed by atoms with Crippen molar-refractivity contribution in [2.45, 2.75) is 49.7 Å². The maximum absolute atomic E-state index is 13.2. The third kappa shape index (κ3) is 4.94. The van der Waals surface area contributed by atoms with Crippen LogP contribution in [-0.4, -0.2) is 26.4 Å². The maximum atomic E-state index is 13.2. The van der Waals surface area contributed by atoms with Crippen molar-refractivity contribution in [2.24, 2.45) is 0 Å². The lowest BCUT2D eigenvalue weighted by molar-refractivity contribution is -0.113. The first-order valence-corrected chi connectivity index (χ1v) is 9.98. The van der Waals surface area contributed by atoms with Crippen molar-refractivity contribution >= 4 is 23.4 Å². The highest BCUT2D eigenvalue weighted by atomic mass is 32.2. The molecule has 8 heteroatoms. The minimum Gasteiger partial charge on any atom is -0.325 e. The highest BCUT2D eigenvalue weighted by Gasteiger charge is 2.23. The Kier molecular flexibility index (Phi) is 6.60. The fourth-order valence-electron chi connectivity index (χ4n) is 3.27. The number of carbonyl (C=O) groups is 1. The van der Waals surface area contributed by atoms with E-state index in [0.29, 0.717) is 17.6 Å². The van der Waals surface area contributed by atoms with Gasteiger partial charge in [-0.2, -0.15) is 0 Å². The van der Waals surface area contributed by atoms with Crippen molar-refractivity contribution < 1.29 is 13.6 Å². The molecule has 1 aliphatic carbocycles. The topological polar surface area (TPSA) is 59.8 Å². The van der Waals surface area contributed by atoms with Gasteiger partial charge < -0.3 is 9.88 Å². The standard InChI is InChI=1S/C19H22F2N4OS/c1-2-10-25-18(13-6-4-3-5-7-13)23-24-19(25)27-12-17(26)22-14-8-9-15(20)16(21)11-14/h2,8-9,11,13H,1,3-7,10,12H2,(H,22,26).